The van der Waals surface area contributed by atoms with Crippen molar-refractivity contribution in [2.24, 2.45) is 5.73 Å². The predicted molar refractivity (Wildman–Crippen MR) is 60.9 cm³/mol. The van der Waals surface area contributed by atoms with Gasteiger partial charge in [0.2, 0.25) is 5.89 Å². The zero-order valence-corrected chi connectivity index (χ0v) is 10.0. The van der Waals surface area contributed by atoms with Crippen LogP contribution in [0, 0.1) is 0 Å². The van der Waals surface area contributed by atoms with Crippen LogP contribution in [0.2, 0.25) is 0 Å². The lowest BCUT2D eigenvalue weighted by Gasteiger charge is -2.09. The lowest BCUT2D eigenvalue weighted by atomic mass is 9.98. The van der Waals surface area contributed by atoms with Gasteiger partial charge >= 0.3 is 0 Å². The van der Waals surface area contributed by atoms with Crippen LogP contribution in [0.5, 0.6) is 0 Å². The summed E-state index contributed by atoms with van der Waals surface area (Å²) in [6.07, 6.45) is 4.27. The molecule has 1 heterocycles. The smallest absolute Gasteiger partial charge is 0.229 e. The van der Waals surface area contributed by atoms with Crippen LogP contribution in [-0.2, 0) is 0 Å². The molecule has 0 aliphatic heterocycles. The minimum absolute atomic E-state index is 0.162. The van der Waals surface area contributed by atoms with Crippen LogP contribution in [-0.4, -0.2) is 21.9 Å². The summed E-state index contributed by atoms with van der Waals surface area (Å²) in [4.78, 5) is 4.26. The monoisotopic (exact) mass is 227 g/mol. The molecule has 5 heteroatoms. The van der Waals surface area contributed by atoms with Crippen LogP contribution in [0.1, 0.15) is 63.2 Å². The van der Waals surface area contributed by atoms with E-state index in [0.717, 1.165) is 25.7 Å². The van der Waals surface area contributed by atoms with Gasteiger partial charge < -0.3 is 15.4 Å². The van der Waals surface area contributed by atoms with Crippen molar-refractivity contribution in [2.75, 3.05) is 6.61 Å². The molecule has 0 saturated heterocycles. The third-order valence-corrected chi connectivity index (χ3v) is 2.61. The molecule has 1 rings (SSSR count). The van der Waals surface area contributed by atoms with Gasteiger partial charge in [0, 0.05) is 5.92 Å². The van der Waals surface area contributed by atoms with Gasteiger partial charge in [-0.15, -0.1) is 0 Å². The van der Waals surface area contributed by atoms with Crippen LogP contribution < -0.4 is 5.73 Å². The van der Waals surface area contributed by atoms with E-state index in [1.807, 2.05) is 0 Å². The average molecular weight is 227 g/mol. The Morgan fingerprint density at radius 2 is 1.94 bits per heavy atom. The Labute approximate surface area is 96.0 Å². The molecular weight excluding hydrogens is 206 g/mol. The number of hydrogen-bond acceptors (Lipinski definition) is 5. The molecule has 0 saturated carbocycles. The Bertz CT molecular complexity index is 295. The minimum atomic E-state index is -0.540. The topological polar surface area (TPSA) is 85.2 Å². The Balaban J connectivity index is 2.72. The molecular formula is C11H21N3O2. The number of aliphatic hydroxyl groups excluding tert-OH is 1. The zero-order valence-electron chi connectivity index (χ0n) is 10.0. The van der Waals surface area contributed by atoms with Crippen molar-refractivity contribution >= 4 is 0 Å². The molecule has 0 fully saturated rings. The predicted octanol–water partition coefficient (Wildman–Crippen LogP) is 1.75. The Hall–Kier alpha value is -0.940. The van der Waals surface area contributed by atoms with E-state index in [1.54, 1.807) is 0 Å². The molecule has 0 bridgehead atoms. The maximum atomic E-state index is 8.90. The first-order valence-electron chi connectivity index (χ1n) is 5.92. The molecule has 5 nitrogen and oxygen atoms in total. The molecule has 0 radical (unpaired) electrons. The van der Waals surface area contributed by atoms with E-state index < -0.39 is 6.04 Å². The highest BCUT2D eigenvalue weighted by atomic mass is 16.5. The SMILES string of the molecule is CCCC(CCC)c1nc(C(N)CO)no1. The number of nitrogens with two attached hydrogens (primary N) is 1. The van der Waals surface area contributed by atoms with Crippen molar-refractivity contribution in [3.05, 3.63) is 11.7 Å². The largest absolute Gasteiger partial charge is 0.394 e. The molecule has 1 aromatic rings. The second-order valence-electron chi connectivity index (χ2n) is 4.05. The Kier molecular flexibility index (Phi) is 5.42. The molecule has 16 heavy (non-hydrogen) atoms. The fourth-order valence-electron chi connectivity index (χ4n) is 1.73. The summed E-state index contributed by atoms with van der Waals surface area (Å²) >= 11 is 0. The lowest BCUT2D eigenvalue weighted by Crippen LogP contribution is -2.16. The van der Waals surface area contributed by atoms with Crippen LogP contribution in [0.4, 0.5) is 0 Å². The summed E-state index contributed by atoms with van der Waals surface area (Å²) in [7, 11) is 0. The summed E-state index contributed by atoms with van der Waals surface area (Å²) in [5, 5.41) is 12.7. The average Bonchev–Trinajstić information content (AvgIpc) is 2.77. The number of aromatic nitrogens is 2. The second kappa shape index (κ2) is 6.60. The highest BCUT2D eigenvalue weighted by Gasteiger charge is 2.19. The molecule has 0 aliphatic carbocycles. The second-order valence-corrected chi connectivity index (χ2v) is 4.05. The van der Waals surface area contributed by atoms with E-state index in [2.05, 4.69) is 24.0 Å². The summed E-state index contributed by atoms with van der Waals surface area (Å²) in [5.74, 6) is 1.37. The summed E-state index contributed by atoms with van der Waals surface area (Å²) in [5.41, 5.74) is 5.62. The van der Waals surface area contributed by atoms with Gasteiger partial charge in [0.05, 0.1) is 12.6 Å². The fraction of sp³-hybridized carbons (Fsp3) is 0.818. The van der Waals surface area contributed by atoms with Crippen molar-refractivity contribution < 1.29 is 9.63 Å². The van der Waals surface area contributed by atoms with Crippen molar-refractivity contribution in [2.45, 2.75) is 51.5 Å². The van der Waals surface area contributed by atoms with Crippen LogP contribution in [0.15, 0.2) is 4.52 Å². The normalized spacial score (nSPS) is 13.3. The van der Waals surface area contributed by atoms with Crippen LogP contribution in [0.3, 0.4) is 0 Å². The van der Waals surface area contributed by atoms with Crippen molar-refractivity contribution in [3.8, 4) is 0 Å². The van der Waals surface area contributed by atoms with Crippen molar-refractivity contribution in [3.63, 3.8) is 0 Å². The zero-order chi connectivity index (χ0) is 12.0. The van der Waals surface area contributed by atoms with Gasteiger partial charge in [-0.1, -0.05) is 31.8 Å². The van der Waals surface area contributed by atoms with E-state index in [4.69, 9.17) is 15.4 Å². The number of hydrogen-bond donors (Lipinski definition) is 2. The van der Waals surface area contributed by atoms with Crippen molar-refractivity contribution in [1.29, 1.82) is 0 Å². The molecule has 0 aliphatic rings. The van der Waals surface area contributed by atoms with Gasteiger partial charge in [0.15, 0.2) is 5.82 Å². The minimum Gasteiger partial charge on any atom is -0.394 e. The number of aliphatic hydroxyl groups is 1. The van der Waals surface area contributed by atoms with Gasteiger partial charge in [0.25, 0.3) is 0 Å². The standard InChI is InChI=1S/C11H21N3O2/c1-3-5-8(6-4-2)11-13-10(14-16-11)9(12)7-15/h8-9,15H,3-7,12H2,1-2H3. The quantitative estimate of drug-likeness (QED) is 0.741. The van der Waals surface area contributed by atoms with Gasteiger partial charge in [-0.25, -0.2) is 0 Å². The van der Waals surface area contributed by atoms with E-state index in [1.165, 1.54) is 0 Å². The third-order valence-electron chi connectivity index (χ3n) is 2.61. The molecule has 0 amide bonds. The van der Waals surface area contributed by atoms with Crippen LogP contribution in [0.25, 0.3) is 0 Å². The van der Waals surface area contributed by atoms with Gasteiger partial charge in [-0.3, -0.25) is 0 Å². The first-order valence-corrected chi connectivity index (χ1v) is 5.92. The molecule has 0 aromatic carbocycles. The van der Waals surface area contributed by atoms with Crippen LogP contribution >= 0.6 is 0 Å². The molecule has 1 unspecified atom stereocenters. The summed E-state index contributed by atoms with van der Waals surface area (Å²) in [6, 6.07) is -0.540. The molecule has 0 spiro atoms. The molecule has 92 valence electrons. The van der Waals surface area contributed by atoms with E-state index in [9.17, 15) is 0 Å². The van der Waals surface area contributed by atoms with Gasteiger partial charge in [0.1, 0.15) is 0 Å². The third kappa shape index (κ3) is 3.28. The maximum Gasteiger partial charge on any atom is 0.229 e. The highest BCUT2D eigenvalue weighted by Crippen LogP contribution is 2.25. The van der Waals surface area contributed by atoms with Gasteiger partial charge in [-0.2, -0.15) is 4.98 Å². The number of nitrogens with zero attached hydrogens (tertiary/aromatic N) is 2. The van der Waals surface area contributed by atoms with Crippen molar-refractivity contribution in [1.82, 2.24) is 10.1 Å². The lowest BCUT2D eigenvalue weighted by molar-refractivity contribution is 0.259. The summed E-state index contributed by atoms with van der Waals surface area (Å²) in [6.45, 7) is 4.12. The van der Waals surface area contributed by atoms with E-state index in [0.29, 0.717) is 17.6 Å². The maximum absolute atomic E-state index is 8.90. The molecule has 3 N–H and O–H groups in total. The van der Waals surface area contributed by atoms with Gasteiger partial charge in [-0.05, 0) is 12.8 Å². The highest BCUT2D eigenvalue weighted by molar-refractivity contribution is 4.97. The molecule has 1 aromatic heterocycles. The summed E-state index contributed by atoms with van der Waals surface area (Å²) < 4.78 is 5.20. The first kappa shape index (κ1) is 13.1. The Morgan fingerprint density at radius 1 is 1.31 bits per heavy atom. The van der Waals surface area contributed by atoms with E-state index in [-0.39, 0.29) is 6.61 Å². The van der Waals surface area contributed by atoms with E-state index >= 15 is 0 Å². The first-order chi connectivity index (χ1) is 7.72. The number of rotatable bonds is 7. The Morgan fingerprint density at radius 3 is 2.44 bits per heavy atom. The fourth-order valence-corrected chi connectivity index (χ4v) is 1.73. The molecule has 1 atom stereocenters.